The van der Waals surface area contributed by atoms with Crippen molar-refractivity contribution in [3.63, 3.8) is 0 Å². The van der Waals surface area contributed by atoms with Crippen LogP contribution in [-0.4, -0.2) is 27.0 Å². The molecule has 152 valence electrons. The monoisotopic (exact) mass is 468 g/mol. The first-order chi connectivity index (χ1) is 13.2. The zero-order chi connectivity index (χ0) is 20.7. The van der Waals surface area contributed by atoms with E-state index in [1.165, 1.54) is 24.3 Å². The molecule has 0 fully saturated rings. The molecule has 0 saturated heterocycles. The van der Waals surface area contributed by atoms with Crippen molar-refractivity contribution in [1.29, 1.82) is 0 Å². The summed E-state index contributed by atoms with van der Waals surface area (Å²) < 4.78 is 33.5. The summed E-state index contributed by atoms with van der Waals surface area (Å²) in [6.45, 7) is 5.46. The zero-order valence-electron chi connectivity index (χ0n) is 16.1. The van der Waals surface area contributed by atoms with Crippen molar-refractivity contribution in [2.75, 3.05) is 6.61 Å². The average molecular weight is 469 g/mol. The number of hydrogen-bond donors (Lipinski definition) is 2. The molecule has 0 aliphatic heterocycles. The van der Waals surface area contributed by atoms with Crippen LogP contribution in [0.25, 0.3) is 0 Å². The number of benzene rings is 2. The molecule has 28 heavy (non-hydrogen) atoms. The standard InChI is InChI=1S/C20H25BrN2O4S/c1-4-14(2)23-28(25,26)19-11-9-18(10-12-19)27-13-20(24)22-15(3)16-5-7-17(21)8-6-16/h5-12,14-15,23H,4,13H2,1-3H3,(H,22,24)/t14-,15+/m0/s1. The number of halogens is 1. The van der Waals surface area contributed by atoms with E-state index in [2.05, 4.69) is 26.0 Å². The van der Waals surface area contributed by atoms with Gasteiger partial charge in [0.25, 0.3) is 5.91 Å². The fourth-order valence-corrected chi connectivity index (χ4v) is 3.99. The van der Waals surface area contributed by atoms with Crippen LogP contribution in [-0.2, 0) is 14.8 Å². The largest absolute Gasteiger partial charge is 0.484 e. The molecule has 0 aromatic heterocycles. The summed E-state index contributed by atoms with van der Waals surface area (Å²) in [5.41, 5.74) is 0.986. The van der Waals surface area contributed by atoms with Gasteiger partial charge in [0.15, 0.2) is 6.61 Å². The van der Waals surface area contributed by atoms with Crippen LogP contribution in [0.5, 0.6) is 5.75 Å². The number of carbonyl (C=O) groups excluding carboxylic acids is 1. The number of sulfonamides is 1. The van der Waals surface area contributed by atoms with Gasteiger partial charge in [-0.3, -0.25) is 4.79 Å². The van der Waals surface area contributed by atoms with Gasteiger partial charge >= 0.3 is 0 Å². The summed E-state index contributed by atoms with van der Waals surface area (Å²) >= 11 is 3.38. The first-order valence-electron chi connectivity index (χ1n) is 9.01. The second-order valence-corrected chi connectivity index (χ2v) is 9.16. The number of hydrogen-bond acceptors (Lipinski definition) is 4. The molecule has 8 heteroatoms. The summed E-state index contributed by atoms with van der Waals surface area (Å²) in [6, 6.07) is 13.4. The molecule has 2 N–H and O–H groups in total. The third-order valence-electron chi connectivity index (χ3n) is 4.22. The highest BCUT2D eigenvalue weighted by Crippen LogP contribution is 2.18. The lowest BCUT2D eigenvalue weighted by atomic mass is 10.1. The smallest absolute Gasteiger partial charge is 0.258 e. The molecule has 0 heterocycles. The molecule has 0 saturated carbocycles. The van der Waals surface area contributed by atoms with Crippen LogP contribution < -0.4 is 14.8 Å². The Hall–Kier alpha value is -1.90. The normalized spacial score (nSPS) is 13.6. The molecule has 6 nitrogen and oxygen atoms in total. The maximum absolute atomic E-state index is 12.2. The second-order valence-electron chi connectivity index (χ2n) is 6.53. The highest BCUT2D eigenvalue weighted by atomic mass is 79.9. The quantitative estimate of drug-likeness (QED) is 0.586. The Bertz CT molecular complexity index is 883. The van der Waals surface area contributed by atoms with Crippen molar-refractivity contribution in [2.24, 2.45) is 0 Å². The molecule has 1 amide bonds. The molecule has 0 radical (unpaired) electrons. The average Bonchev–Trinajstić information content (AvgIpc) is 2.66. The van der Waals surface area contributed by atoms with E-state index >= 15 is 0 Å². The van der Waals surface area contributed by atoms with Crippen LogP contribution in [0.1, 0.15) is 38.8 Å². The zero-order valence-corrected chi connectivity index (χ0v) is 18.5. The van der Waals surface area contributed by atoms with Crippen LogP contribution in [0.15, 0.2) is 57.9 Å². The van der Waals surface area contributed by atoms with E-state index in [0.29, 0.717) is 12.2 Å². The van der Waals surface area contributed by atoms with Gasteiger partial charge in [0, 0.05) is 10.5 Å². The van der Waals surface area contributed by atoms with Gasteiger partial charge in [-0.1, -0.05) is 35.0 Å². The lowest BCUT2D eigenvalue weighted by Crippen LogP contribution is -2.32. The van der Waals surface area contributed by atoms with Crippen molar-refractivity contribution in [3.05, 3.63) is 58.6 Å². The summed E-state index contributed by atoms with van der Waals surface area (Å²) in [7, 11) is -3.56. The Kier molecular flexibility index (Phi) is 8.03. The Balaban J connectivity index is 1.88. The van der Waals surface area contributed by atoms with Crippen LogP contribution in [0.4, 0.5) is 0 Å². The molecule has 0 aliphatic carbocycles. The highest BCUT2D eigenvalue weighted by Gasteiger charge is 2.16. The van der Waals surface area contributed by atoms with E-state index in [0.717, 1.165) is 10.0 Å². The van der Waals surface area contributed by atoms with Crippen molar-refractivity contribution in [1.82, 2.24) is 10.0 Å². The number of rotatable bonds is 9. The van der Waals surface area contributed by atoms with E-state index in [9.17, 15) is 13.2 Å². The molecule has 0 aliphatic rings. The van der Waals surface area contributed by atoms with E-state index in [1.54, 1.807) is 0 Å². The summed E-state index contributed by atoms with van der Waals surface area (Å²) in [4.78, 5) is 12.3. The molecule has 0 unspecified atom stereocenters. The molecule has 2 rings (SSSR count). The van der Waals surface area contributed by atoms with Gasteiger partial charge in [0.05, 0.1) is 10.9 Å². The van der Waals surface area contributed by atoms with Gasteiger partial charge in [-0.15, -0.1) is 0 Å². The second kappa shape index (κ2) is 10.0. The third-order valence-corrected chi connectivity index (χ3v) is 6.35. The third kappa shape index (κ3) is 6.61. The van der Waals surface area contributed by atoms with E-state index < -0.39 is 10.0 Å². The van der Waals surface area contributed by atoms with Gasteiger partial charge in [-0.05, 0) is 62.2 Å². The fraction of sp³-hybridized carbons (Fsp3) is 0.350. The van der Waals surface area contributed by atoms with Gasteiger partial charge in [0.2, 0.25) is 10.0 Å². The molecule has 2 aromatic carbocycles. The van der Waals surface area contributed by atoms with Crippen LogP contribution in [0.2, 0.25) is 0 Å². The highest BCUT2D eigenvalue weighted by molar-refractivity contribution is 9.10. The van der Waals surface area contributed by atoms with Crippen LogP contribution in [0, 0.1) is 0 Å². The Morgan fingerprint density at radius 3 is 2.25 bits per heavy atom. The van der Waals surface area contributed by atoms with Gasteiger partial charge in [-0.2, -0.15) is 0 Å². The van der Waals surface area contributed by atoms with Gasteiger partial charge in [-0.25, -0.2) is 13.1 Å². The first kappa shape index (κ1) is 22.4. The SMILES string of the molecule is CC[C@H](C)NS(=O)(=O)c1ccc(OCC(=O)N[C@H](C)c2ccc(Br)cc2)cc1. The summed E-state index contributed by atoms with van der Waals surface area (Å²) in [5, 5.41) is 2.86. The fourth-order valence-electron chi connectivity index (χ4n) is 2.40. The Labute approximate surface area is 174 Å². The summed E-state index contributed by atoms with van der Waals surface area (Å²) in [6.07, 6.45) is 0.703. The Morgan fingerprint density at radius 1 is 1.07 bits per heavy atom. The van der Waals surface area contributed by atoms with Gasteiger partial charge < -0.3 is 10.1 Å². The summed E-state index contributed by atoms with van der Waals surface area (Å²) in [5.74, 6) is 0.166. The maximum Gasteiger partial charge on any atom is 0.258 e. The minimum atomic E-state index is -3.56. The van der Waals surface area contributed by atoms with Crippen molar-refractivity contribution in [3.8, 4) is 5.75 Å². The minimum absolute atomic E-state index is 0.141. The lowest BCUT2D eigenvalue weighted by Gasteiger charge is -2.15. The Morgan fingerprint density at radius 2 is 1.68 bits per heavy atom. The topological polar surface area (TPSA) is 84.5 Å². The first-order valence-corrected chi connectivity index (χ1v) is 11.3. The molecular formula is C20H25BrN2O4S. The molecule has 0 spiro atoms. The molecular weight excluding hydrogens is 444 g/mol. The maximum atomic E-state index is 12.2. The number of amides is 1. The predicted molar refractivity (Wildman–Crippen MR) is 113 cm³/mol. The molecule has 2 aromatic rings. The van der Waals surface area contributed by atoms with Crippen molar-refractivity contribution in [2.45, 2.75) is 44.2 Å². The van der Waals surface area contributed by atoms with Gasteiger partial charge in [0.1, 0.15) is 5.75 Å². The van der Waals surface area contributed by atoms with Crippen LogP contribution >= 0.6 is 15.9 Å². The minimum Gasteiger partial charge on any atom is -0.484 e. The predicted octanol–water partition coefficient (Wildman–Crippen LogP) is 3.78. The van der Waals surface area contributed by atoms with Crippen molar-refractivity contribution < 1.29 is 17.9 Å². The number of ether oxygens (including phenoxy) is 1. The molecule has 2 atom stereocenters. The molecule has 0 bridgehead atoms. The van der Waals surface area contributed by atoms with Crippen LogP contribution in [0.3, 0.4) is 0 Å². The van der Waals surface area contributed by atoms with Crippen molar-refractivity contribution >= 4 is 31.9 Å². The number of nitrogens with one attached hydrogen (secondary N) is 2. The van der Waals surface area contributed by atoms with E-state index in [4.69, 9.17) is 4.74 Å². The van der Waals surface area contributed by atoms with E-state index in [1.807, 2.05) is 45.0 Å². The number of carbonyl (C=O) groups is 1. The lowest BCUT2D eigenvalue weighted by molar-refractivity contribution is -0.123. The van der Waals surface area contributed by atoms with E-state index in [-0.39, 0.29) is 29.5 Å².